The van der Waals surface area contributed by atoms with Crippen LogP contribution in [0.15, 0.2) is 42.1 Å². The van der Waals surface area contributed by atoms with Crippen molar-refractivity contribution in [1.82, 2.24) is 20.4 Å². The molecule has 0 fully saturated rings. The van der Waals surface area contributed by atoms with Crippen LogP contribution in [-0.2, 0) is 5.54 Å². The average molecular weight is 373 g/mol. The van der Waals surface area contributed by atoms with E-state index in [0.717, 1.165) is 25.1 Å². The van der Waals surface area contributed by atoms with Crippen LogP contribution in [-0.4, -0.2) is 35.3 Å². The maximum Gasteiger partial charge on any atom is 0.255 e. The van der Waals surface area contributed by atoms with Crippen LogP contribution >= 0.6 is 11.6 Å². The first-order valence-electron chi connectivity index (χ1n) is 8.88. The lowest BCUT2D eigenvalue weighted by atomic mass is 10.1. The molecule has 1 aliphatic rings. The lowest BCUT2D eigenvalue weighted by Crippen LogP contribution is -2.29. The number of amides is 1. The minimum Gasteiger partial charge on any atom is -0.348 e. The summed E-state index contributed by atoms with van der Waals surface area (Å²) in [5.74, 6) is -0.130. The van der Waals surface area contributed by atoms with Gasteiger partial charge in [-0.2, -0.15) is 5.10 Å². The van der Waals surface area contributed by atoms with E-state index in [1.165, 1.54) is 5.57 Å². The molecule has 0 aliphatic carbocycles. The fraction of sp³-hybridized carbons (Fsp3) is 0.400. The zero-order valence-corrected chi connectivity index (χ0v) is 16.2. The molecule has 0 saturated heterocycles. The first-order chi connectivity index (χ1) is 12.4. The molecule has 1 amide bonds. The first kappa shape index (κ1) is 18.7. The van der Waals surface area contributed by atoms with Crippen LogP contribution in [0.5, 0.6) is 0 Å². The smallest absolute Gasteiger partial charge is 0.255 e. The van der Waals surface area contributed by atoms with Gasteiger partial charge in [0.15, 0.2) is 0 Å². The monoisotopic (exact) mass is 372 g/mol. The second kappa shape index (κ2) is 7.64. The SMILES string of the molecule is CC(C)(C)n1cc(C(=O)NCC2=CCNCC2)c(-c2ccccc2Cl)n1. The number of nitrogens with one attached hydrogen (secondary N) is 2. The Morgan fingerprint density at radius 1 is 1.35 bits per heavy atom. The van der Waals surface area contributed by atoms with Gasteiger partial charge in [-0.15, -0.1) is 0 Å². The molecule has 138 valence electrons. The number of carbonyl (C=O) groups excluding carboxylic acids is 1. The summed E-state index contributed by atoms with van der Waals surface area (Å²) in [6, 6.07) is 7.48. The van der Waals surface area contributed by atoms with Crippen LogP contribution in [0.25, 0.3) is 11.3 Å². The summed E-state index contributed by atoms with van der Waals surface area (Å²) in [5, 5.41) is 11.6. The molecule has 1 aromatic carbocycles. The summed E-state index contributed by atoms with van der Waals surface area (Å²) in [7, 11) is 0. The summed E-state index contributed by atoms with van der Waals surface area (Å²) in [5.41, 5.74) is 2.94. The summed E-state index contributed by atoms with van der Waals surface area (Å²) >= 11 is 6.36. The Morgan fingerprint density at radius 3 is 2.77 bits per heavy atom. The topological polar surface area (TPSA) is 59.0 Å². The van der Waals surface area contributed by atoms with Crippen molar-refractivity contribution >= 4 is 17.5 Å². The predicted octanol–water partition coefficient (Wildman–Crippen LogP) is 3.61. The highest BCUT2D eigenvalue weighted by atomic mass is 35.5. The minimum atomic E-state index is -0.230. The fourth-order valence-corrected chi connectivity index (χ4v) is 3.08. The van der Waals surface area contributed by atoms with Crippen molar-refractivity contribution in [1.29, 1.82) is 0 Å². The third kappa shape index (κ3) is 4.17. The number of carbonyl (C=O) groups is 1. The molecule has 6 heteroatoms. The van der Waals surface area contributed by atoms with Crippen molar-refractivity contribution in [3.05, 3.63) is 52.7 Å². The standard InChI is InChI=1S/C20H25ClN4O/c1-20(2,3)25-13-16(18(24-25)15-6-4-5-7-17(15)21)19(26)23-12-14-8-10-22-11-9-14/h4-8,13,22H,9-12H2,1-3H3,(H,23,26). The molecule has 0 unspecified atom stereocenters. The third-order valence-corrected chi connectivity index (χ3v) is 4.74. The molecule has 1 aromatic heterocycles. The largest absolute Gasteiger partial charge is 0.348 e. The van der Waals surface area contributed by atoms with Gasteiger partial charge in [0.1, 0.15) is 5.69 Å². The molecular formula is C20H25ClN4O. The summed E-state index contributed by atoms with van der Waals surface area (Å²) in [6.07, 6.45) is 4.90. The molecule has 2 aromatic rings. The first-order valence-corrected chi connectivity index (χ1v) is 9.26. The van der Waals surface area contributed by atoms with Gasteiger partial charge in [-0.1, -0.05) is 41.4 Å². The van der Waals surface area contributed by atoms with Crippen LogP contribution in [0.2, 0.25) is 5.02 Å². The van der Waals surface area contributed by atoms with Crippen molar-refractivity contribution in [3.63, 3.8) is 0 Å². The number of aromatic nitrogens is 2. The van der Waals surface area contributed by atoms with E-state index in [-0.39, 0.29) is 11.4 Å². The Hall–Kier alpha value is -2.11. The zero-order valence-electron chi connectivity index (χ0n) is 15.5. The highest BCUT2D eigenvalue weighted by Gasteiger charge is 2.24. The normalized spacial score (nSPS) is 14.8. The van der Waals surface area contributed by atoms with Gasteiger partial charge in [-0.25, -0.2) is 0 Å². The van der Waals surface area contributed by atoms with Crippen molar-refractivity contribution in [2.24, 2.45) is 0 Å². The van der Waals surface area contributed by atoms with E-state index in [0.29, 0.717) is 22.8 Å². The van der Waals surface area contributed by atoms with E-state index in [1.54, 1.807) is 0 Å². The zero-order chi connectivity index (χ0) is 18.7. The molecule has 0 spiro atoms. The van der Waals surface area contributed by atoms with Gasteiger partial charge >= 0.3 is 0 Å². The molecule has 3 rings (SSSR count). The van der Waals surface area contributed by atoms with Gasteiger partial charge in [0, 0.05) is 24.8 Å². The molecule has 0 atom stereocenters. The second-order valence-corrected chi connectivity index (χ2v) is 7.89. The van der Waals surface area contributed by atoms with E-state index in [4.69, 9.17) is 11.6 Å². The second-order valence-electron chi connectivity index (χ2n) is 7.49. The van der Waals surface area contributed by atoms with Gasteiger partial charge in [0.05, 0.1) is 16.1 Å². The number of hydrogen-bond acceptors (Lipinski definition) is 3. The molecule has 5 nitrogen and oxygen atoms in total. The van der Waals surface area contributed by atoms with Gasteiger partial charge in [0.2, 0.25) is 0 Å². The Morgan fingerprint density at radius 2 is 2.12 bits per heavy atom. The van der Waals surface area contributed by atoms with Crippen molar-refractivity contribution in [3.8, 4) is 11.3 Å². The van der Waals surface area contributed by atoms with Gasteiger partial charge < -0.3 is 10.6 Å². The van der Waals surface area contributed by atoms with Crippen LogP contribution < -0.4 is 10.6 Å². The van der Waals surface area contributed by atoms with Crippen molar-refractivity contribution in [2.45, 2.75) is 32.7 Å². The maximum atomic E-state index is 12.9. The highest BCUT2D eigenvalue weighted by Crippen LogP contribution is 2.30. The highest BCUT2D eigenvalue weighted by molar-refractivity contribution is 6.33. The van der Waals surface area contributed by atoms with Crippen LogP contribution in [0.4, 0.5) is 0 Å². The number of hydrogen-bond donors (Lipinski definition) is 2. The van der Waals surface area contributed by atoms with Crippen LogP contribution in [0.1, 0.15) is 37.6 Å². The molecule has 2 heterocycles. The van der Waals surface area contributed by atoms with Crippen LogP contribution in [0.3, 0.4) is 0 Å². The number of halogens is 1. The van der Waals surface area contributed by atoms with E-state index in [9.17, 15) is 4.79 Å². The van der Waals surface area contributed by atoms with Crippen molar-refractivity contribution in [2.75, 3.05) is 19.6 Å². The molecule has 0 saturated carbocycles. The van der Waals surface area contributed by atoms with Crippen LogP contribution in [0, 0.1) is 0 Å². The summed E-state index contributed by atoms with van der Waals surface area (Å²) in [4.78, 5) is 12.9. The maximum absolute atomic E-state index is 12.9. The van der Waals surface area contributed by atoms with Gasteiger partial charge in [0.25, 0.3) is 5.91 Å². The van der Waals surface area contributed by atoms with Gasteiger partial charge in [-0.05, 0) is 39.8 Å². The van der Waals surface area contributed by atoms with Crippen molar-refractivity contribution < 1.29 is 4.79 Å². The third-order valence-electron chi connectivity index (χ3n) is 4.41. The Bertz CT molecular complexity index is 833. The van der Waals surface area contributed by atoms with Gasteiger partial charge in [-0.3, -0.25) is 9.48 Å². The minimum absolute atomic E-state index is 0.130. The fourth-order valence-electron chi connectivity index (χ4n) is 2.86. The predicted molar refractivity (Wildman–Crippen MR) is 106 cm³/mol. The Kier molecular flexibility index (Phi) is 5.49. The average Bonchev–Trinajstić information content (AvgIpc) is 3.06. The number of nitrogens with zero attached hydrogens (tertiary/aromatic N) is 2. The quantitative estimate of drug-likeness (QED) is 0.806. The van der Waals surface area contributed by atoms with E-state index < -0.39 is 0 Å². The lowest BCUT2D eigenvalue weighted by molar-refractivity contribution is 0.0957. The lowest BCUT2D eigenvalue weighted by Gasteiger charge is -2.18. The van der Waals surface area contributed by atoms with E-state index in [2.05, 4.69) is 42.6 Å². The Labute approximate surface area is 159 Å². The molecule has 0 radical (unpaired) electrons. The Balaban J connectivity index is 1.91. The molecule has 2 N–H and O–H groups in total. The molecule has 1 aliphatic heterocycles. The van der Waals surface area contributed by atoms with E-state index in [1.807, 2.05) is 35.1 Å². The number of rotatable bonds is 4. The number of benzene rings is 1. The molecule has 26 heavy (non-hydrogen) atoms. The van der Waals surface area contributed by atoms with E-state index >= 15 is 0 Å². The molecular weight excluding hydrogens is 348 g/mol. The molecule has 0 bridgehead atoms. The summed E-state index contributed by atoms with van der Waals surface area (Å²) in [6.45, 7) is 8.53. The summed E-state index contributed by atoms with van der Waals surface area (Å²) < 4.78 is 1.82.